The van der Waals surface area contributed by atoms with Crippen LogP contribution in [0.2, 0.25) is 0 Å². The van der Waals surface area contributed by atoms with Crippen molar-refractivity contribution in [1.82, 2.24) is 0 Å². The molecule has 2 nitrogen and oxygen atoms in total. The molecule has 0 heterocycles. The number of hydrogen-bond donors (Lipinski definition) is 0. The number of rotatable bonds is 4. The summed E-state index contributed by atoms with van der Waals surface area (Å²) in [4.78, 5) is 0.341. The molecule has 15 heavy (non-hydrogen) atoms. The van der Waals surface area contributed by atoms with E-state index in [1.54, 1.807) is 24.3 Å². The average molecular weight is 243 g/mol. The summed E-state index contributed by atoms with van der Waals surface area (Å²) in [5, 5.41) is 0. The van der Waals surface area contributed by atoms with Crippen molar-refractivity contribution in [2.45, 2.75) is 6.42 Å². The van der Waals surface area contributed by atoms with Crippen molar-refractivity contribution in [3.8, 4) is 0 Å². The van der Waals surface area contributed by atoms with E-state index in [1.165, 1.54) is 0 Å². The Morgan fingerprint density at radius 1 is 1.47 bits per heavy atom. The van der Waals surface area contributed by atoms with E-state index in [4.69, 9.17) is 11.6 Å². The average Bonchev–Trinajstić information content (AvgIpc) is 2.25. The molecule has 80 valence electrons. The highest BCUT2D eigenvalue weighted by molar-refractivity contribution is 7.73. The zero-order valence-electron chi connectivity index (χ0n) is 8.11. The minimum absolute atomic E-state index is 0.293. The first-order chi connectivity index (χ1) is 7.19. The van der Waals surface area contributed by atoms with Crippen molar-refractivity contribution in [2.24, 2.45) is 0 Å². The predicted molar refractivity (Wildman–Crippen MR) is 64.9 cm³/mol. The first-order valence-electron chi connectivity index (χ1n) is 4.43. The summed E-state index contributed by atoms with van der Waals surface area (Å²) in [7, 11) is -2.22. The van der Waals surface area contributed by atoms with Gasteiger partial charge in [-0.3, -0.25) is 0 Å². The van der Waals surface area contributed by atoms with Crippen LogP contribution in [0, 0.1) is 0 Å². The predicted octanol–water partition coefficient (Wildman–Crippen LogP) is 2.36. The minimum Gasteiger partial charge on any atom is -0.184 e. The Labute approximate surface area is 95.7 Å². The molecule has 1 rings (SSSR count). The largest absolute Gasteiger partial charge is 0.217 e. The number of benzene rings is 1. The van der Waals surface area contributed by atoms with Gasteiger partial charge in [0.2, 0.25) is 10.3 Å². The molecule has 0 radical (unpaired) electrons. The highest BCUT2D eigenvalue weighted by Gasteiger charge is 2.04. The van der Waals surface area contributed by atoms with Crippen LogP contribution >= 0.6 is 11.6 Å². The fourth-order valence-electron chi connectivity index (χ4n) is 1.25. The molecule has 0 atom stereocenters. The quantitative estimate of drug-likeness (QED) is 0.462. The van der Waals surface area contributed by atoms with Gasteiger partial charge in [-0.1, -0.05) is 30.9 Å². The second-order valence-electron chi connectivity index (χ2n) is 2.93. The van der Waals surface area contributed by atoms with Crippen molar-refractivity contribution >= 4 is 32.8 Å². The van der Waals surface area contributed by atoms with Crippen molar-refractivity contribution in [2.75, 3.05) is 5.88 Å². The lowest BCUT2D eigenvalue weighted by molar-refractivity contribution is 0.627. The van der Waals surface area contributed by atoms with Gasteiger partial charge in [0.1, 0.15) is 0 Å². The lowest BCUT2D eigenvalue weighted by Crippen LogP contribution is -2.03. The lowest BCUT2D eigenvalue weighted by Gasteiger charge is -2.01. The molecule has 0 saturated heterocycles. The molecule has 1 aromatic rings. The van der Waals surface area contributed by atoms with Gasteiger partial charge in [-0.2, -0.15) is 8.42 Å². The number of alkyl halides is 1. The fraction of sp³-hybridized carbons (Fsp3) is 0.182. The van der Waals surface area contributed by atoms with E-state index in [0.29, 0.717) is 22.7 Å². The van der Waals surface area contributed by atoms with Gasteiger partial charge >= 0.3 is 0 Å². The minimum atomic E-state index is -2.22. The Hall–Kier alpha value is -1.06. The van der Waals surface area contributed by atoms with Crippen LogP contribution in [0.4, 0.5) is 0 Å². The van der Waals surface area contributed by atoms with Gasteiger partial charge in [-0.15, -0.1) is 11.6 Å². The maximum Gasteiger partial charge on any atom is 0.217 e. The van der Waals surface area contributed by atoms with Crippen molar-refractivity contribution < 1.29 is 8.42 Å². The third-order valence-electron chi connectivity index (χ3n) is 1.97. The van der Waals surface area contributed by atoms with E-state index in [-0.39, 0.29) is 0 Å². The molecule has 0 aliphatic carbocycles. The van der Waals surface area contributed by atoms with E-state index < -0.39 is 10.3 Å². The summed E-state index contributed by atoms with van der Waals surface area (Å²) in [5.74, 6) is 0.293. The van der Waals surface area contributed by atoms with Crippen LogP contribution in [0.1, 0.15) is 17.5 Å². The van der Waals surface area contributed by atoms with Crippen molar-refractivity contribution in [3.63, 3.8) is 0 Å². The normalized spacial score (nSPS) is 9.67. The molecule has 0 fully saturated rings. The smallest absolute Gasteiger partial charge is 0.184 e. The van der Waals surface area contributed by atoms with Gasteiger partial charge < -0.3 is 0 Å². The highest BCUT2D eigenvalue weighted by atomic mass is 35.5. The summed E-state index contributed by atoms with van der Waals surface area (Å²) in [6.07, 6.45) is 2.02. The first-order valence-corrected chi connectivity index (χ1v) is 6.04. The second kappa shape index (κ2) is 5.73. The topological polar surface area (TPSA) is 34.1 Å². The molecule has 1 aromatic carbocycles. The van der Waals surface area contributed by atoms with Gasteiger partial charge in [0.25, 0.3) is 0 Å². The Morgan fingerprint density at radius 2 is 2.20 bits per heavy atom. The highest BCUT2D eigenvalue weighted by Crippen LogP contribution is 2.09. The fourth-order valence-corrected chi connectivity index (χ4v) is 2.14. The number of halogens is 1. The zero-order chi connectivity index (χ0) is 11.3. The number of hydrogen-bond acceptors (Lipinski definition) is 2. The van der Waals surface area contributed by atoms with Crippen LogP contribution in [0.3, 0.4) is 0 Å². The van der Waals surface area contributed by atoms with Gasteiger partial charge in [-0.05, 0) is 17.2 Å². The molecular formula is C11H11ClO2S. The third kappa shape index (κ3) is 3.22. The summed E-state index contributed by atoms with van der Waals surface area (Å²) >= 11 is 5.55. The second-order valence-corrected chi connectivity index (χ2v) is 4.27. The summed E-state index contributed by atoms with van der Waals surface area (Å²) in [6.45, 7) is 3.63. The maximum absolute atomic E-state index is 11.0. The van der Waals surface area contributed by atoms with E-state index in [0.717, 1.165) is 5.56 Å². The SMILES string of the molecule is C=Cc1cccc(C(CCCl)=S(=O)=O)c1. The van der Waals surface area contributed by atoms with Crippen LogP contribution in [0.25, 0.3) is 6.08 Å². The molecule has 0 N–H and O–H groups in total. The van der Waals surface area contributed by atoms with Crippen LogP contribution < -0.4 is 0 Å². The molecular weight excluding hydrogens is 232 g/mol. The van der Waals surface area contributed by atoms with E-state index in [1.807, 2.05) is 6.07 Å². The van der Waals surface area contributed by atoms with Gasteiger partial charge in [0.05, 0.1) is 4.86 Å². The standard InChI is InChI=1S/C11H11ClO2S/c1-2-9-4-3-5-10(8-9)11(6-7-12)15(13)14/h2-5,8H,1,6-7H2. The van der Waals surface area contributed by atoms with E-state index >= 15 is 0 Å². The summed E-state index contributed by atoms with van der Waals surface area (Å²) in [6, 6.07) is 7.20. The van der Waals surface area contributed by atoms with Crippen LogP contribution in [0.15, 0.2) is 30.8 Å². The molecule has 0 amide bonds. The molecule has 0 bridgehead atoms. The first kappa shape index (κ1) is 12.0. The summed E-state index contributed by atoms with van der Waals surface area (Å²) in [5.41, 5.74) is 1.58. The third-order valence-corrected chi connectivity index (χ3v) is 3.00. The Balaban J connectivity index is 3.24. The van der Waals surface area contributed by atoms with E-state index in [2.05, 4.69) is 6.58 Å². The van der Waals surface area contributed by atoms with Gasteiger partial charge in [-0.25, -0.2) is 0 Å². The molecule has 0 saturated carbocycles. The van der Waals surface area contributed by atoms with Crippen LogP contribution in [-0.4, -0.2) is 19.2 Å². The van der Waals surface area contributed by atoms with E-state index in [9.17, 15) is 8.42 Å². The Kier molecular flexibility index (Phi) is 4.59. The summed E-state index contributed by atoms with van der Waals surface area (Å²) < 4.78 is 21.9. The van der Waals surface area contributed by atoms with Crippen molar-refractivity contribution in [3.05, 3.63) is 42.0 Å². The molecule has 4 heteroatoms. The van der Waals surface area contributed by atoms with Gasteiger partial charge in [0.15, 0.2) is 0 Å². The molecule has 0 unspecified atom stereocenters. The lowest BCUT2D eigenvalue weighted by atomic mass is 10.1. The zero-order valence-corrected chi connectivity index (χ0v) is 9.68. The Bertz CT molecular complexity index is 481. The molecule has 0 aromatic heterocycles. The maximum atomic E-state index is 11.0. The van der Waals surface area contributed by atoms with Crippen LogP contribution in [-0.2, 0) is 10.3 Å². The Morgan fingerprint density at radius 3 is 2.73 bits per heavy atom. The molecule has 0 spiro atoms. The monoisotopic (exact) mass is 242 g/mol. The molecule has 0 aliphatic rings. The molecule has 0 aliphatic heterocycles. The van der Waals surface area contributed by atoms with Gasteiger partial charge in [0, 0.05) is 12.3 Å². The van der Waals surface area contributed by atoms with Crippen LogP contribution in [0.5, 0.6) is 0 Å². The van der Waals surface area contributed by atoms with Crippen molar-refractivity contribution in [1.29, 1.82) is 0 Å².